The first-order valence-electron chi connectivity index (χ1n) is 10.8. The third-order valence-corrected chi connectivity index (χ3v) is 6.94. The maximum Gasteiger partial charge on any atom is 1.00 e. The Balaban J connectivity index is 0.00000380. The zero-order valence-corrected chi connectivity index (χ0v) is 26.5. The van der Waals surface area contributed by atoms with Crippen LogP contribution in [0.5, 0.6) is 0 Å². The summed E-state index contributed by atoms with van der Waals surface area (Å²) in [5.74, 6) is 0. The number of hydrogen-bond donors (Lipinski definition) is 2. The maximum absolute atomic E-state index is 11.6. The minimum Gasteiger partial charge on any atom is -1.00 e. The van der Waals surface area contributed by atoms with Crippen LogP contribution in [0.4, 0.5) is 0 Å². The molecule has 4 aromatic rings. The van der Waals surface area contributed by atoms with Crippen LogP contribution in [-0.2, 0) is 19.5 Å². The van der Waals surface area contributed by atoms with Crippen molar-refractivity contribution in [3.05, 3.63) is 119 Å². The average Bonchev–Trinajstić information content (AvgIpc) is 2.90. The molecule has 0 aromatic heterocycles. The van der Waals surface area contributed by atoms with Crippen LogP contribution in [0.3, 0.4) is 0 Å². The second-order valence-corrected chi connectivity index (χ2v) is 9.82. The van der Waals surface area contributed by atoms with Gasteiger partial charge in [0.05, 0.1) is 12.0 Å². The van der Waals surface area contributed by atoms with Crippen LogP contribution in [-0.4, -0.2) is 18.2 Å². The molecular formula is C28H24Na2O6S2. The molecule has 0 saturated heterocycles. The Labute approximate surface area is 273 Å². The molecule has 38 heavy (non-hydrogen) atoms. The Kier molecular flexibility index (Phi) is 13.7. The molecule has 0 aliphatic heterocycles. The molecule has 0 bridgehead atoms. The topological polar surface area (TPSA) is 93.1 Å². The molecule has 0 aliphatic rings. The van der Waals surface area contributed by atoms with Crippen LogP contribution in [0.1, 0.15) is 25.1 Å². The fourth-order valence-electron chi connectivity index (χ4n) is 3.54. The summed E-state index contributed by atoms with van der Waals surface area (Å²) < 4.78 is 37.1. The van der Waals surface area contributed by atoms with Gasteiger partial charge in [-0.05, 0) is 45.5 Å². The number of benzene rings is 4. The Bertz CT molecular complexity index is 1500. The zero-order chi connectivity index (χ0) is 25.4. The molecule has 0 amide bonds. The van der Waals surface area contributed by atoms with E-state index >= 15 is 0 Å². The monoisotopic (exact) mass is 566 g/mol. The van der Waals surface area contributed by atoms with E-state index in [1.165, 1.54) is 6.07 Å². The fourth-order valence-corrected chi connectivity index (χ4v) is 4.70. The minimum absolute atomic E-state index is 0. The first kappa shape index (κ1) is 32.7. The number of rotatable bonds is 9. The van der Waals surface area contributed by atoms with Crippen molar-refractivity contribution in [3.63, 3.8) is 0 Å². The van der Waals surface area contributed by atoms with Crippen molar-refractivity contribution in [2.75, 3.05) is 0 Å². The summed E-state index contributed by atoms with van der Waals surface area (Å²) in [6.07, 6.45) is 7.41. The van der Waals surface area contributed by atoms with Crippen molar-refractivity contribution in [2.24, 2.45) is 0 Å². The van der Waals surface area contributed by atoms with E-state index < -0.39 is 10.1 Å². The van der Waals surface area contributed by atoms with Crippen LogP contribution in [0.2, 0.25) is 0 Å². The van der Waals surface area contributed by atoms with Gasteiger partial charge >= 0.3 is 59.1 Å². The van der Waals surface area contributed by atoms with Gasteiger partial charge in [-0.1, -0.05) is 114 Å². The summed E-state index contributed by atoms with van der Waals surface area (Å²) in [7, 11) is -4.29. The molecule has 10 heteroatoms. The first-order chi connectivity index (χ1) is 17.4. The van der Waals surface area contributed by atoms with Crippen molar-refractivity contribution in [1.82, 2.24) is 0 Å². The van der Waals surface area contributed by atoms with Crippen molar-refractivity contribution in [3.8, 4) is 11.1 Å². The SMILES string of the molecule is O=S(=O)(O)c1ccccc1C=Cc1ccc(-c2ccc(C=Cc3ccccc3SOOO)cc2)cc1.[H-].[H-].[Na+].[Na+]. The minimum atomic E-state index is -4.29. The summed E-state index contributed by atoms with van der Waals surface area (Å²) in [5, 5.41) is 12.1. The van der Waals surface area contributed by atoms with Gasteiger partial charge in [0, 0.05) is 4.90 Å². The molecule has 0 heterocycles. The molecule has 2 N–H and O–H groups in total. The van der Waals surface area contributed by atoms with Gasteiger partial charge in [0.2, 0.25) is 0 Å². The zero-order valence-electron chi connectivity index (χ0n) is 22.9. The summed E-state index contributed by atoms with van der Waals surface area (Å²) >= 11 is 0.921. The van der Waals surface area contributed by atoms with Gasteiger partial charge in [0.1, 0.15) is 4.90 Å². The summed E-state index contributed by atoms with van der Waals surface area (Å²) in [4.78, 5) is 0.678. The van der Waals surface area contributed by atoms with Gasteiger partial charge in [0.15, 0.2) is 0 Å². The second-order valence-electron chi connectivity index (χ2n) is 7.69. The largest absolute Gasteiger partial charge is 1.00 e. The fraction of sp³-hybridized carbons (Fsp3) is 0. The van der Waals surface area contributed by atoms with Crippen molar-refractivity contribution in [1.29, 1.82) is 0 Å². The van der Waals surface area contributed by atoms with Crippen molar-refractivity contribution >= 4 is 46.5 Å². The Morgan fingerprint density at radius 3 is 1.66 bits per heavy atom. The quantitative estimate of drug-likeness (QED) is 0.0794. The molecule has 0 unspecified atom stereocenters. The van der Waals surface area contributed by atoms with Crippen LogP contribution in [0.15, 0.2) is 107 Å². The second kappa shape index (κ2) is 15.9. The summed E-state index contributed by atoms with van der Waals surface area (Å²) in [5.41, 5.74) is 5.37. The molecule has 0 fully saturated rings. The maximum atomic E-state index is 11.6. The molecule has 0 saturated carbocycles. The van der Waals surface area contributed by atoms with E-state index in [0.717, 1.165) is 44.8 Å². The molecule has 6 nitrogen and oxygen atoms in total. The Morgan fingerprint density at radius 2 is 1.13 bits per heavy atom. The Morgan fingerprint density at radius 1 is 0.658 bits per heavy atom. The van der Waals surface area contributed by atoms with Crippen molar-refractivity contribution < 1.29 is 89.6 Å². The predicted octanol–water partition coefficient (Wildman–Crippen LogP) is 1.60. The standard InChI is InChI=1S/C28H22O6S2.2Na.2H/c29-33-34-35-27-7-3-1-5-25(27)19-13-21-9-15-23(16-10-21)24-17-11-22(12-18-24)14-20-26-6-2-4-8-28(26)36(30,31)32;;;;/h1-20,29H,(H,30,31,32);;;;/q;2*+1;2*-1. The third kappa shape index (κ3) is 9.31. The van der Waals surface area contributed by atoms with Crippen LogP contribution in [0, 0.1) is 0 Å². The van der Waals surface area contributed by atoms with E-state index in [0.29, 0.717) is 5.56 Å². The van der Waals surface area contributed by atoms with Gasteiger partial charge in [-0.25, -0.2) is 5.26 Å². The summed E-state index contributed by atoms with van der Waals surface area (Å²) in [6.45, 7) is 0. The van der Waals surface area contributed by atoms with Crippen molar-refractivity contribution in [2.45, 2.75) is 9.79 Å². The molecule has 0 spiro atoms. The number of hydrogen-bond acceptors (Lipinski definition) is 6. The van der Waals surface area contributed by atoms with Crippen LogP contribution >= 0.6 is 12.0 Å². The van der Waals surface area contributed by atoms with Crippen LogP contribution in [0.25, 0.3) is 35.4 Å². The van der Waals surface area contributed by atoms with Gasteiger partial charge in [-0.3, -0.25) is 4.55 Å². The summed E-state index contributed by atoms with van der Waals surface area (Å²) in [6, 6.07) is 29.9. The van der Waals surface area contributed by atoms with E-state index in [2.05, 4.69) is 9.37 Å². The van der Waals surface area contributed by atoms with Crippen LogP contribution < -0.4 is 59.1 Å². The van der Waals surface area contributed by atoms with E-state index in [-0.39, 0.29) is 66.9 Å². The predicted molar refractivity (Wildman–Crippen MR) is 145 cm³/mol. The van der Waals surface area contributed by atoms with Gasteiger partial charge in [-0.15, -0.1) is 4.33 Å². The van der Waals surface area contributed by atoms with E-state index in [4.69, 9.17) is 5.26 Å². The molecule has 186 valence electrons. The normalized spacial score (nSPS) is 11.3. The van der Waals surface area contributed by atoms with Gasteiger partial charge in [-0.2, -0.15) is 8.42 Å². The molecular weight excluding hydrogens is 542 g/mol. The smallest absolute Gasteiger partial charge is 1.00 e. The van der Waals surface area contributed by atoms with E-state index in [1.54, 1.807) is 30.4 Å². The first-order valence-corrected chi connectivity index (χ1v) is 13.0. The van der Waals surface area contributed by atoms with Gasteiger partial charge < -0.3 is 2.85 Å². The average molecular weight is 567 g/mol. The molecule has 0 atom stereocenters. The van der Waals surface area contributed by atoms with E-state index in [9.17, 15) is 13.0 Å². The molecule has 4 aromatic carbocycles. The van der Waals surface area contributed by atoms with Gasteiger partial charge in [0.25, 0.3) is 10.1 Å². The molecule has 4 rings (SSSR count). The van der Waals surface area contributed by atoms with E-state index in [1.807, 2.05) is 84.9 Å². The Hall–Kier alpha value is -1.50. The molecule has 0 radical (unpaired) electrons. The third-order valence-electron chi connectivity index (χ3n) is 5.34. The molecule has 0 aliphatic carbocycles.